The minimum Gasteiger partial charge on any atom is -0.433 e. The van der Waals surface area contributed by atoms with Gasteiger partial charge in [0.1, 0.15) is 6.10 Å². The number of hydrogen-bond acceptors (Lipinski definition) is 3. The van der Waals surface area contributed by atoms with E-state index in [0.717, 1.165) is 6.61 Å². The number of ether oxygens (including phenoxy) is 2. The van der Waals surface area contributed by atoms with Crippen LogP contribution in [0.2, 0.25) is 6.55 Å². The van der Waals surface area contributed by atoms with Crippen molar-refractivity contribution in [2.24, 2.45) is 0 Å². The van der Waals surface area contributed by atoms with Gasteiger partial charge in [0, 0.05) is 0 Å². The first-order valence-electron chi connectivity index (χ1n) is 3.16. The van der Waals surface area contributed by atoms with Gasteiger partial charge in [-0.2, -0.15) is 0 Å². The third-order valence-electron chi connectivity index (χ3n) is 1.07. The Labute approximate surface area is 56.3 Å². The van der Waals surface area contributed by atoms with Gasteiger partial charge in [-0.25, -0.2) is 0 Å². The summed E-state index contributed by atoms with van der Waals surface area (Å²) in [5, 5.41) is 0. The standard InChI is InChI=1S/C5H12O3Si/c1-9(6)4-7-2-5-3-8-5/h5-6,9H,2-4H2,1H3. The summed E-state index contributed by atoms with van der Waals surface area (Å²) in [5.74, 6) is 0. The topological polar surface area (TPSA) is 42.0 Å². The molecule has 0 saturated carbocycles. The van der Waals surface area contributed by atoms with Crippen LogP contribution in [0.15, 0.2) is 0 Å². The van der Waals surface area contributed by atoms with Crippen molar-refractivity contribution in [2.75, 3.05) is 19.4 Å². The Balaban J connectivity index is 1.81. The Hall–Kier alpha value is 0.0969. The van der Waals surface area contributed by atoms with Gasteiger partial charge in [-0.05, 0) is 6.55 Å². The highest BCUT2D eigenvalue weighted by molar-refractivity contribution is 6.48. The maximum atomic E-state index is 8.86. The van der Waals surface area contributed by atoms with Crippen LogP contribution in [-0.2, 0) is 9.47 Å². The molecule has 0 bridgehead atoms. The van der Waals surface area contributed by atoms with Gasteiger partial charge in [0.15, 0.2) is 9.04 Å². The molecule has 0 aromatic rings. The fourth-order valence-corrected chi connectivity index (χ4v) is 1.01. The average Bonchev–Trinajstić information content (AvgIpc) is 2.48. The summed E-state index contributed by atoms with van der Waals surface area (Å²) in [6.07, 6.45) is 0.887. The Morgan fingerprint density at radius 1 is 1.89 bits per heavy atom. The van der Waals surface area contributed by atoms with Gasteiger partial charge in [0.05, 0.1) is 19.4 Å². The van der Waals surface area contributed by atoms with Crippen LogP contribution in [0.1, 0.15) is 0 Å². The van der Waals surface area contributed by atoms with Gasteiger partial charge >= 0.3 is 0 Å². The normalized spacial score (nSPS) is 28.0. The minimum absolute atomic E-state index is 0.331. The van der Waals surface area contributed by atoms with Crippen LogP contribution in [0.25, 0.3) is 0 Å². The van der Waals surface area contributed by atoms with Crippen molar-refractivity contribution in [3.63, 3.8) is 0 Å². The van der Waals surface area contributed by atoms with Crippen molar-refractivity contribution >= 4 is 9.04 Å². The molecule has 0 amide bonds. The molecular formula is C5H12O3Si. The molecule has 0 aromatic carbocycles. The molecule has 2 unspecified atom stereocenters. The molecule has 0 aromatic heterocycles. The van der Waals surface area contributed by atoms with E-state index in [9.17, 15) is 0 Å². The second-order valence-corrected chi connectivity index (χ2v) is 4.37. The Bertz CT molecular complexity index is 80.3. The summed E-state index contributed by atoms with van der Waals surface area (Å²) in [7, 11) is -1.48. The molecule has 1 aliphatic rings. The van der Waals surface area contributed by atoms with Gasteiger partial charge < -0.3 is 14.3 Å². The van der Waals surface area contributed by atoms with Crippen LogP contribution >= 0.6 is 0 Å². The molecular weight excluding hydrogens is 136 g/mol. The molecule has 2 atom stereocenters. The molecule has 4 heteroatoms. The second-order valence-electron chi connectivity index (χ2n) is 2.34. The first-order valence-corrected chi connectivity index (χ1v) is 5.65. The number of rotatable bonds is 4. The van der Waals surface area contributed by atoms with Crippen molar-refractivity contribution in [3.05, 3.63) is 0 Å². The van der Waals surface area contributed by atoms with Crippen molar-refractivity contribution in [1.29, 1.82) is 0 Å². The van der Waals surface area contributed by atoms with Crippen LogP contribution in [0.5, 0.6) is 0 Å². The first kappa shape index (κ1) is 7.21. The summed E-state index contributed by atoms with van der Waals surface area (Å²) in [6, 6.07) is 0. The highest BCUT2D eigenvalue weighted by Gasteiger charge is 2.22. The molecule has 1 heterocycles. The predicted molar refractivity (Wildman–Crippen MR) is 35.8 cm³/mol. The molecule has 9 heavy (non-hydrogen) atoms. The number of epoxide rings is 1. The smallest absolute Gasteiger partial charge is 0.194 e. The van der Waals surface area contributed by atoms with E-state index in [1.807, 2.05) is 6.55 Å². The molecule has 0 spiro atoms. The van der Waals surface area contributed by atoms with Crippen molar-refractivity contribution in [3.8, 4) is 0 Å². The monoisotopic (exact) mass is 148 g/mol. The first-order chi connectivity index (χ1) is 4.29. The van der Waals surface area contributed by atoms with Crippen molar-refractivity contribution < 1.29 is 14.3 Å². The minimum atomic E-state index is -1.48. The van der Waals surface area contributed by atoms with Crippen LogP contribution in [-0.4, -0.2) is 39.4 Å². The lowest BCUT2D eigenvalue weighted by Gasteiger charge is -2.00. The molecule has 54 valence electrons. The van der Waals surface area contributed by atoms with Crippen LogP contribution in [0, 0.1) is 0 Å². The molecule has 1 fully saturated rings. The maximum Gasteiger partial charge on any atom is 0.194 e. The molecule has 1 rings (SSSR count). The maximum absolute atomic E-state index is 8.86. The van der Waals surface area contributed by atoms with Crippen LogP contribution < -0.4 is 0 Å². The highest BCUT2D eigenvalue weighted by Crippen LogP contribution is 2.07. The number of hydrogen-bond donors (Lipinski definition) is 1. The van der Waals surface area contributed by atoms with E-state index in [4.69, 9.17) is 14.3 Å². The van der Waals surface area contributed by atoms with E-state index >= 15 is 0 Å². The average molecular weight is 148 g/mol. The third kappa shape index (κ3) is 3.64. The van der Waals surface area contributed by atoms with E-state index in [2.05, 4.69) is 0 Å². The zero-order valence-electron chi connectivity index (χ0n) is 5.54. The van der Waals surface area contributed by atoms with Gasteiger partial charge in [-0.3, -0.25) is 0 Å². The van der Waals surface area contributed by atoms with Gasteiger partial charge in [0.2, 0.25) is 0 Å². The van der Waals surface area contributed by atoms with Crippen LogP contribution in [0.3, 0.4) is 0 Å². The lowest BCUT2D eigenvalue weighted by molar-refractivity contribution is 0.145. The highest BCUT2D eigenvalue weighted by atomic mass is 28.3. The van der Waals surface area contributed by atoms with Crippen molar-refractivity contribution in [2.45, 2.75) is 12.7 Å². The van der Waals surface area contributed by atoms with Gasteiger partial charge in [-0.1, -0.05) is 0 Å². The molecule has 1 aliphatic heterocycles. The third-order valence-corrected chi connectivity index (χ3v) is 1.78. The second kappa shape index (κ2) is 3.31. The Morgan fingerprint density at radius 3 is 3.00 bits per heavy atom. The van der Waals surface area contributed by atoms with E-state index in [0.29, 0.717) is 18.9 Å². The fraction of sp³-hybridized carbons (Fsp3) is 1.00. The van der Waals surface area contributed by atoms with Gasteiger partial charge in [0.25, 0.3) is 0 Å². The Kier molecular flexibility index (Phi) is 2.65. The molecule has 3 nitrogen and oxygen atoms in total. The molecule has 1 saturated heterocycles. The van der Waals surface area contributed by atoms with Crippen LogP contribution in [0.4, 0.5) is 0 Å². The summed E-state index contributed by atoms with van der Waals surface area (Å²) in [6.45, 7) is 3.34. The lowest BCUT2D eigenvalue weighted by Crippen LogP contribution is -2.17. The summed E-state index contributed by atoms with van der Waals surface area (Å²) >= 11 is 0. The fourth-order valence-electron chi connectivity index (χ4n) is 0.534. The van der Waals surface area contributed by atoms with E-state index < -0.39 is 9.04 Å². The molecule has 0 radical (unpaired) electrons. The zero-order chi connectivity index (χ0) is 6.69. The summed E-state index contributed by atoms with van der Waals surface area (Å²) in [5.41, 5.74) is 0. The molecule has 0 aliphatic carbocycles. The molecule has 1 N–H and O–H groups in total. The summed E-state index contributed by atoms with van der Waals surface area (Å²) < 4.78 is 10.0. The summed E-state index contributed by atoms with van der Waals surface area (Å²) in [4.78, 5) is 8.86. The zero-order valence-corrected chi connectivity index (χ0v) is 6.69. The van der Waals surface area contributed by atoms with Gasteiger partial charge in [-0.15, -0.1) is 0 Å². The van der Waals surface area contributed by atoms with E-state index in [1.54, 1.807) is 0 Å². The quantitative estimate of drug-likeness (QED) is 0.423. The van der Waals surface area contributed by atoms with Crippen molar-refractivity contribution in [1.82, 2.24) is 0 Å². The SMILES string of the molecule is C[SiH](O)COCC1CO1. The van der Waals surface area contributed by atoms with E-state index in [-0.39, 0.29) is 0 Å². The van der Waals surface area contributed by atoms with E-state index in [1.165, 1.54) is 0 Å². The largest absolute Gasteiger partial charge is 0.433 e. The predicted octanol–water partition coefficient (Wildman–Crippen LogP) is -0.713. The lowest BCUT2D eigenvalue weighted by atomic mass is 10.5. The Morgan fingerprint density at radius 2 is 2.56 bits per heavy atom.